The Balaban J connectivity index is 1.93. The molecule has 3 aromatic rings. The Labute approximate surface area is 191 Å². The molecular weight excluding hydrogens is 468 g/mol. The van der Waals surface area contributed by atoms with Crippen molar-refractivity contribution in [3.8, 4) is 0 Å². The SMILES string of the molecule is O=C(CCc1ccccc1Cl)C[C@@H](c1ccc(C(F)(F)F)cc1)c1ncccc1C(F)(F)F. The van der Waals surface area contributed by atoms with Gasteiger partial charge >= 0.3 is 12.4 Å². The lowest BCUT2D eigenvalue weighted by atomic mass is 9.86. The van der Waals surface area contributed by atoms with Gasteiger partial charge in [-0.15, -0.1) is 0 Å². The Bertz CT molecular complexity index is 1110. The number of pyridine rings is 1. The number of alkyl halides is 6. The van der Waals surface area contributed by atoms with E-state index in [0.29, 0.717) is 10.6 Å². The summed E-state index contributed by atoms with van der Waals surface area (Å²) in [5, 5.41) is 0.466. The highest BCUT2D eigenvalue weighted by atomic mass is 35.5. The summed E-state index contributed by atoms with van der Waals surface area (Å²) >= 11 is 6.09. The van der Waals surface area contributed by atoms with E-state index in [2.05, 4.69) is 4.98 Å². The van der Waals surface area contributed by atoms with E-state index >= 15 is 0 Å². The van der Waals surface area contributed by atoms with E-state index in [4.69, 9.17) is 11.6 Å². The molecule has 2 nitrogen and oxygen atoms in total. The van der Waals surface area contributed by atoms with Gasteiger partial charge in [-0.2, -0.15) is 26.3 Å². The Morgan fingerprint density at radius 1 is 0.879 bits per heavy atom. The molecule has 0 aliphatic rings. The molecule has 9 heteroatoms. The van der Waals surface area contributed by atoms with Crippen LogP contribution in [0.2, 0.25) is 5.02 Å². The summed E-state index contributed by atoms with van der Waals surface area (Å²) in [5.74, 6) is -1.53. The van der Waals surface area contributed by atoms with Crippen molar-refractivity contribution in [2.45, 2.75) is 37.5 Å². The molecule has 1 heterocycles. The van der Waals surface area contributed by atoms with Crippen LogP contribution in [0, 0.1) is 0 Å². The van der Waals surface area contributed by atoms with Crippen molar-refractivity contribution in [2.75, 3.05) is 0 Å². The van der Waals surface area contributed by atoms with Crippen molar-refractivity contribution in [3.63, 3.8) is 0 Å². The molecule has 33 heavy (non-hydrogen) atoms. The number of nitrogens with zero attached hydrogens (tertiary/aromatic N) is 1. The van der Waals surface area contributed by atoms with E-state index in [1.807, 2.05) is 0 Å². The van der Waals surface area contributed by atoms with Crippen molar-refractivity contribution in [1.82, 2.24) is 4.98 Å². The van der Waals surface area contributed by atoms with Crippen LogP contribution >= 0.6 is 11.6 Å². The molecule has 0 saturated carbocycles. The molecule has 2 aromatic carbocycles. The molecule has 3 rings (SSSR count). The second-order valence-electron chi connectivity index (χ2n) is 7.44. The quantitative estimate of drug-likeness (QED) is 0.324. The first-order valence-corrected chi connectivity index (χ1v) is 10.3. The fourth-order valence-electron chi connectivity index (χ4n) is 3.52. The van der Waals surface area contributed by atoms with Gasteiger partial charge in [0.2, 0.25) is 0 Å². The maximum atomic E-state index is 13.6. The number of benzene rings is 2. The average molecular weight is 486 g/mol. The van der Waals surface area contributed by atoms with Crippen LogP contribution in [0.5, 0.6) is 0 Å². The third-order valence-electron chi connectivity index (χ3n) is 5.18. The van der Waals surface area contributed by atoms with Crippen LogP contribution in [0.15, 0.2) is 66.9 Å². The van der Waals surface area contributed by atoms with Crippen LogP contribution < -0.4 is 0 Å². The van der Waals surface area contributed by atoms with E-state index in [0.717, 1.165) is 42.6 Å². The molecule has 0 amide bonds. The van der Waals surface area contributed by atoms with E-state index < -0.39 is 35.1 Å². The van der Waals surface area contributed by atoms with Gasteiger partial charge in [0.05, 0.1) is 16.8 Å². The number of hydrogen-bond acceptors (Lipinski definition) is 2. The molecule has 0 N–H and O–H groups in total. The van der Waals surface area contributed by atoms with Gasteiger partial charge in [0, 0.05) is 30.0 Å². The van der Waals surface area contributed by atoms with E-state index in [-0.39, 0.29) is 30.6 Å². The van der Waals surface area contributed by atoms with Crippen molar-refractivity contribution < 1.29 is 31.1 Å². The van der Waals surface area contributed by atoms with Gasteiger partial charge in [-0.25, -0.2) is 0 Å². The Hall–Kier alpha value is -2.87. The highest BCUT2D eigenvalue weighted by molar-refractivity contribution is 6.31. The standard InChI is InChI=1S/C24H18ClF6NO/c25-21-6-2-1-4-16(21)9-12-18(33)14-19(15-7-10-17(11-8-15)23(26,27)28)22-20(24(29,30)31)5-3-13-32-22/h1-8,10-11,13,19H,9,12,14H2/t19-/m0/s1. The minimum absolute atomic E-state index is 0.00898. The molecule has 0 radical (unpaired) electrons. The second-order valence-corrected chi connectivity index (χ2v) is 7.85. The van der Waals surface area contributed by atoms with E-state index in [1.165, 1.54) is 0 Å². The second kappa shape index (κ2) is 9.95. The number of halogens is 7. The van der Waals surface area contributed by atoms with Crippen LogP contribution in [0.1, 0.15) is 46.7 Å². The largest absolute Gasteiger partial charge is 0.418 e. The molecule has 0 spiro atoms. The van der Waals surface area contributed by atoms with Crippen molar-refractivity contribution in [1.29, 1.82) is 0 Å². The summed E-state index contributed by atoms with van der Waals surface area (Å²) in [7, 11) is 0. The maximum absolute atomic E-state index is 13.6. The predicted octanol–water partition coefficient (Wildman–Crippen LogP) is 7.50. The van der Waals surface area contributed by atoms with Gasteiger partial charge in [-0.05, 0) is 47.9 Å². The Kier molecular flexibility index (Phi) is 7.47. The van der Waals surface area contributed by atoms with Crippen LogP contribution in [-0.2, 0) is 23.6 Å². The van der Waals surface area contributed by atoms with Crippen LogP contribution in [0.25, 0.3) is 0 Å². The zero-order valence-electron chi connectivity index (χ0n) is 17.1. The van der Waals surface area contributed by atoms with Gasteiger partial charge in [-0.3, -0.25) is 9.78 Å². The summed E-state index contributed by atoms with van der Waals surface area (Å²) in [5.41, 5.74) is -1.53. The van der Waals surface area contributed by atoms with Crippen LogP contribution in [0.3, 0.4) is 0 Å². The Morgan fingerprint density at radius 3 is 2.15 bits per heavy atom. The van der Waals surface area contributed by atoms with Crippen molar-refractivity contribution >= 4 is 17.4 Å². The predicted molar refractivity (Wildman–Crippen MR) is 112 cm³/mol. The number of aryl methyl sites for hydroxylation is 1. The minimum atomic E-state index is -4.74. The molecule has 0 bridgehead atoms. The zero-order valence-corrected chi connectivity index (χ0v) is 17.8. The topological polar surface area (TPSA) is 30.0 Å². The zero-order chi connectivity index (χ0) is 24.2. The molecule has 174 valence electrons. The van der Waals surface area contributed by atoms with E-state index in [1.54, 1.807) is 24.3 Å². The first-order chi connectivity index (χ1) is 15.5. The van der Waals surface area contributed by atoms with Gasteiger partial charge in [0.25, 0.3) is 0 Å². The van der Waals surface area contributed by atoms with Gasteiger partial charge in [0.15, 0.2) is 0 Å². The summed E-state index contributed by atoms with van der Waals surface area (Å²) in [4.78, 5) is 16.6. The number of hydrogen-bond donors (Lipinski definition) is 0. The third kappa shape index (κ3) is 6.35. The first-order valence-electron chi connectivity index (χ1n) is 9.91. The van der Waals surface area contributed by atoms with Crippen LogP contribution in [-0.4, -0.2) is 10.8 Å². The van der Waals surface area contributed by atoms with Crippen molar-refractivity contribution in [2.24, 2.45) is 0 Å². The fraction of sp³-hybridized carbons (Fsp3) is 0.250. The first kappa shape index (κ1) is 24.8. The summed E-state index contributed by atoms with van der Waals surface area (Å²) < 4.78 is 79.7. The summed E-state index contributed by atoms with van der Waals surface area (Å²) in [6.45, 7) is 0. The van der Waals surface area contributed by atoms with Gasteiger partial charge in [-0.1, -0.05) is 41.9 Å². The number of carbonyl (C=O) groups is 1. The molecule has 0 aliphatic heterocycles. The fourth-order valence-corrected chi connectivity index (χ4v) is 3.75. The number of rotatable bonds is 7. The number of Topliss-reactive ketones (excluding diaryl/α,β-unsaturated/α-hetero) is 1. The lowest BCUT2D eigenvalue weighted by molar-refractivity contribution is -0.139. The molecule has 0 aliphatic carbocycles. The van der Waals surface area contributed by atoms with Gasteiger partial charge in [0.1, 0.15) is 5.78 Å². The highest BCUT2D eigenvalue weighted by Crippen LogP contribution is 2.39. The number of aromatic nitrogens is 1. The van der Waals surface area contributed by atoms with Gasteiger partial charge < -0.3 is 0 Å². The number of ketones is 1. The van der Waals surface area contributed by atoms with Crippen LogP contribution in [0.4, 0.5) is 26.3 Å². The number of carbonyl (C=O) groups excluding carboxylic acids is 1. The lowest BCUT2D eigenvalue weighted by Gasteiger charge is -2.21. The molecule has 0 fully saturated rings. The molecule has 0 saturated heterocycles. The molecule has 1 aromatic heterocycles. The lowest BCUT2D eigenvalue weighted by Crippen LogP contribution is -2.17. The highest BCUT2D eigenvalue weighted by Gasteiger charge is 2.37. The molecule has 0 unspecified atom stereocenters. The Morgan fingerprint density at radius 2 is 1.55 bits per heavy atom. The summed E-state index contributed by atoms with van der Waals surface area (Å²) in [6.07, 6.45) is -8.23. The minimum Gasteiger partial charge on any atom is -0.300 e. The summed E-state index contributed by atoms with van der Waals surface area (Å²) in [6, 6.07) is 12.6. The molecular formula is C24H18ClF6NO. The van der Waals surface area contributed by atoms with E-state index in [9.17, 15) is 31.1 Å². The molecule has 1 atom stereocenters. The maximum Gasteiger partial charge on any atom is 0.418 e. The normalized spacial score (nSPS) is 13.1. The monoisotopic (exact) mass is 485 g/mol. The smallest absolute Gasteiger partial charge is 0.300 e. The van der Waals surface area contributed by atoms with Crippen molar-refractivity contribution in [3.05, 3.63) is 99.8 Å². The average Bonchev–Trinajstić information content (AvgIpc) is 2.76. The third-order valence-corrected chi connectivity index (χ3v) is 5.55.